The van der Waals surface area contributed by atoms with E-state index in [9.17, 15) is 0 Å². The number of hydrogen-bond donors (Lipinski definition) is 0. The van der Waals surface area contributed by atoms with E-state index in [1.165, 1.54) is 5.39 Å². The van der Waals surface area contributed by atoms with Gasteiger partial charge in [0.05, 0.1) is 16.7 Å². The number of aromatic nitrogens is 5. The van der Waals surface area contributed by atoms with Crippen LogP contribution in [0.3, 0.4) is 0 Å². The summed E-state index contributed by atoms with van der Waals surface area (Å²) in [6, 6.07) is 53.6. The minimum atomic E-state index is 0.546. The van der Waals surface area contributed by atoms with Crippen LogP contribution in [0.15, 0.2) is 168 Å². The summed E-state index contributed by atoms with van der Waals surface area (Å²) in [5.41, 5.74) is 9.17. The Bertz CT molecular complexity index is 2790. The zero-order valence-electron chi connectivity index (χ0n) is 26.7. The summed E-state index contributed by atoms with van der Waals surface area (Å²) >= 11 is 0. The van der Waals surface area contributed by atoms with Crippen LogP contribution >= 0.6 is 0 Å². The molecular weight excluding hydrogens is 615 g/mol. The number of rotatable bonds is 5. The lowest BCUT2D eigenvalue weighted by molar-refractivity contribution is 0.671. The van der Waals surface area contributed by atoms with Crippen LogP contribution in [0.5, 0.6) is 0 Å². The quantitative estimate of drug-likeness (QED) is 0.187. The summed E-state index contributed by atoms with van der Waals surface area (Å²) in [5.74, 6) is 1.74. The van der Waals surface area contributed by atoms with E-state index in [1.807, 2.05) is 91.1 Å². The van der Waals surface area contributed by atoms with Crippen LogP contribution in [0, 0.1) is 0 Å². The van der Waals surface area contributed by atoms with Gasteiger partial charge >= 0.3 is 0 Å². The van der Waals surface area contributed by atoms with Crippen molar-refractivity contribution in [3.8, 4) is 51.1 Å². The first-order chi connectivity index (χ1) is 24.8. The largest absolute Gasteiger partial charge is 0.454 e. The highest BCUT2D eigenvalue weighted by molar-refractivity contribution is 6.22. The van der Waals surface area contributed by atoms with Crippen molar-refractivity contribution in [1.82, 2.24) is 24.5 Å². The average molecular weight is 642 g/mol. The monoisotopic (exact) mass is 641 g/mol. The van der Waals surface area contributed by atoms with Crippen LogP contribution in [-0.4, -0.2) is 24.5 Å². The van der Waals surface area contributed by atoms with Crippen LogP contribution in [-0.2, 0) is 0 Å². The first kappa shape index (κ1) is 28.1. The molecule has 0 N–H and O–H groups in total. The molecule has 0 amide bonds. The Morgan fingerprint density at radius 1 is 0.460 bits per heavy atom. The van der Waals surface area contributed by atoms with Gasteiger partial charge in [0.1, 0.15) is 5.58 Å². The van der Waals surface area contributed by atoms with Crippen LogP contribution in [0.2, 0.25) is 0 Å². The standard InChI is InChI=1S/C44H27N5O/c1-4-14-28(15-5-1)42-46-43(29-16-6-2-7-17-29)48-44(47-42)36-27-39-35(26-34(36)37-21-12-13-25-45-37)33-24-23-32-31-20-10-11-22-38(31)49(40(32)41(33)50-39)30-18-8-3-9-19-30/h1-27H. The molecule has 0 aliphatic heterocycles. The molecule has 0 bridgehead atoms. The van der Waals surface area contributed by atoms with E-state index in [-0.39, 0.29) is 0 Å². The van der Waals surface area contributed by atoms with Crippen LogP contribution in [0.25, 0.3) is 94.9 Å². The molecular formula is C44H27N5O. The summed E-state index contributed by atoms with van der Waals surface area (Å²) in [6.07, 6.45) is 1.82. The van der Waals surface area contributed by atoms with Crippen molar-refractivity contribution in [2.24, 2.45) is 0 Å². The van der Waals surface area contributed by atoms with Gasteiger partial charge in [0.25, 0.3) is 0 Å². The molecule has 0 saturated carbocycles. The van der Waals surface area contributed by atoms with Crippen molar-refractivity contribution in [2.75, 3.05) is 0 Å². The third kappa shape index (κ3) is 4.50. The Morgan fingerprint density at radius 2 is 1.08 bits per heavy atom. The molecule has 0 aliphatic rings. The van der Waals surface area contributed by atoms with Gasteiger partial charge in [0, 0.05) is 55.7 Å². The molecule has 234 valence electrons. The van der Waals surface area contributed by atoms with Crippen molar-refractivity contribution in [3.63, 3.8) is 0 Å². The number of hydrogen-bond acceptors (Lipinski definition) is 5. The lowest BCUT2D eigenvalue weighted by atomic mass is 9.99. The number of fused-ring (bicyclic) bond motifs is 7. The molecule has 0 saturated heterocycles. The summed E-state index contributed by atoms with van der Waals surface area (Å²) < 4.78 is 9.23. The van der Waals surface area contributed by atoms with Gasteiger partial charge in [-0.1, -0.05) is 109 Å². The predicted octanol–water partition coefficient (Wildman–Crippen LogP) is 10.9. The van der Waals surface area contributed by atoms with Gasteiger partial charge in [-0.15, -0.1) is 0 Å². The minimum Gasteiger partial charge on any atom is -0.454 e. The van der Waals surface area contributed by atoms with E-state index in [2.05, 4.69) is 77.4 Å². The van der Waals surface area contributed by atoms with Gasteiger partial charge in [0.15, 0.2) is 23.1 Å². The zero-order chi connectivity index (χ0) is 33.0. The summed E-state index contributed by atoms with van der Waals surface area (Å²) in [6.45, 7) is 0. The van der Waals surface area contributed by atoms with Crippen molar-refractivity contribution >= 4 is 43.7 Å². The maximum absolute atomic E-state index is 6.93. The van der Waals surface area contributed by atoms with E-state index >= 15 is 0 Å². The number of benzene rings is 6. The Morgan fingerprint density at radius 3 is 1.78 bits per heavy atom. The van der Waals surface area contributed by atoms with Crippen molar-refractivity contribution in [3.05, 3.63) is 164 Å². The Labute approximate surface area is 287 Å². The number of para-hydroxylation sites is 2. The Hall–Kier alpha value is -6.92. The maximum Gasteiger partial charge on any atom is 0.164 e. The number of pyridine rings is 1. The highest BCUT2D eigenvalue weighted by Crippen LogP contribution is 2.43. The van der Waals surface area contributed by atoms with E-state index in [0.29, 0.717) is 17.5 Å². The molecule has 0 atom stereocenters. The van der Waals surface area contributed by atoms with Crippen molar-refractivity contribution < 1.29 is 4.42 Å². The highest BCUT2D eigenvalue weighted by Gasteiger charge is 2.22. The van der Waals surface area contributed by atoms with Crippen LogP contribution in [0.1, 0.15) is 0 Å². The number of nitrogens with zero attached hydrogens (tertiary/aromatic N) is 5. The minimum absolute atomic E-state index is 0.546. The van der Waals surface area contributed by atoms with E-state index in [4.69, 9.17) is 24.4 Å². The van der Waals surface area contributed by atoms with E-state index in [1.54, 1.807) is 0 Å². The van der Waals surface area contributed by atoms with Gasteiger partial charge in [-0.2, -0.15) is 0 Å². The third-order valence-corrected chi connectivity index (χ3v) is 9.31. The summed E-state index contributed by atoms with van der Waals surface area (Å²) in [5, 5.41) is 4.34. The Kier molecular flexibility index (Phi) is 6.39. The molecule has 0 radical (unpaired) electrons. The molecule has 6 aromatic carbocycles. The molecule has 0 unspecified atom stereocenters. The van der Waals surface area contributed by atoms with E-state index in [0.717, 1.165) is 72.0 Å². The molecule has 4 aromatic heterocycles. The van der Waals surface area contributed by atoms with Gasteiger partial charge < -0.3 is 8.98 Å². The fourth-order valence-electron chi connectivity index (χ4n) is 7.02. The van der Waals surface area contributed by atoms with Gasteiger partial charge in [0.2, 0.25) is 0 Å². The molecule has 4 heterocycles. The maximum atomic E-state index is 6.93. The molecule has 0 spiro atoms. The number of furan rings is 1. The molecule has 0 fully saturated rings. The summed E-state index contributed by atoms with van der Waals surface area (Å²) in [4.78, 5) is 19.9. The average Bonchev–Trinajstić information content (AvgIpc) is 3.74. The highest BCUT2D eigenvalue weighted by atomic mass is 16.3. The molecule has 6 heteroatoms. The molecule has 6 nitrogen and oxygen atoms in total. The van der Waals surface area contributed by atoms with Crippen LogP contribution < -0.4 is 0 Å². The second-order valence-corrected chi connectivity index (χ2v) is 12.3. The normalized spacial score (nSPS) is 11.6. The first-order valence-electron chi connectivity index (χ1n) is 16.6. The molecule has 10 rings (SSSR count). The zero-order valence-corrected chi connectivity index (χ0v) is 26.7. The predicted molar refractivity (Wildman–Crippen MR) is 201 cm³/mol. The summed E-state index contributed by atoms with van der Waals surface area (Å²) in [7, 11) is 0. The first-order valence-corrected chi connectivity index (χ1v) is 16.6. The molecule has 0 aliphatic carbocycles. The lowest BCUT2D eigenvalue weighted by Gasteiger charge is -2.12. The van der Waals surface area contributed by atoms with Gasteiger partial charge in [-0.25, -0.2) is 15.0 Å². The SMILES string of the molecule is c1ccc(-c2nc(-c3ccccc3)nc(-c3cc4oc5c(ccc6c7ccccc7n(-c7ccccc7)c65)c4cc3-c3ccccn3)n2)cc1. The fourth-order valence-corrected chi connectivity index (χ4v) is 7.02. The topological polar surface area (TPSA) is 69.6 Å². The van der Waals surface area contributed by atoms with Crippen molar-refractivity contribution in [2.45, 2.75) is 0 Å². The smallest absolute Gasteiger partial charge is 0.164 e. The fraction of sp³-hybridized carbons (Fsp3) is 0. The van der Waals surface area contributed by atoms with Gasteiger partial charge in [-0.3, -0.25) is 4.98 Å². The van der Waals surface area contributed by atoms with Crippen LogP contribution in [0.4, 0.5) is 0 Å². The van der Waals surface area contributed by atoms with Crippen molar-refractivity contribution in [1.29, 1.82) is 0 Å². The second-order valence-electron chi connectivity index (χ2n) is 12.3. The third-order valence-electron chi connectivity index (χ3n) is 9.31. The van der Waals surface area contributed by atoms with E-state index < -0.39 is 0 Å². The lowest BCUT2D eigenvalue weighted by Crippen LogP contribution is -2.01. The van der Waals surface area contributed by atoms with Gasteiger partial charge in [-0.05, 0) is 48.5 Å². The second kappa shape index (κ2) is 11.4. The molecule has 10 aromatic rings. The molecule has 50 heavy (non-hydrogen) atoms. The Balaban J connectivity index is 1.29.